The Hall–Kier alpha value is -2.57. The second-order valence-electron chi connectivity index (χ2n) is 4.93. The van der Waals surface area contributed by atoms with Crippen LogP contribution in [-0.2, 0) is 9.59 Å². The zero-order valence-corrected chi connectivity index (χ0v) is 11.0. The Morgan fingerprint density at radius 2 is 1.95 bits per heavy atom. The lowest BCUT2D eigenvalue weighted by Crippen LogP contribution is -2.59. The highest BCUT2D eigenvalue weighted by molar-refractivity contribution is 6.32. The summed E-state index contributed by atoms with van der Waals surface area (Å²) >= 11 is 0. The third-order valence-corrected chi connectivity index (χ3v) is 3.29. The molecule has 0 aromatic heterocycles. The molecule has 1 aromatic carbocycles. The number of nitrogens with zero attached hydrogens (tertiary/aromatic N) is 2. The number of barbiturate groups is 1. The fourth-order valence-corrected chi connectivity index (χ4v) is 2.01. The molecule has 1 aliphatic carbocycles. The first-order valence-electron chi connectivity index (χ1n) is 6.54. The Labute approximate surface area is 119 Å². The Kier molecular flexibility index (Phi) is 3.25. The van der Waals surface area contributed by atoms with E-state index in [4.69, 9.17) is 0 Å². The van der Waals surface area contributed by atoms with Crippen LogP contribution in [0.25, 0.3) is 0 Å². The Balaban J connectivity index is 1.92. The van der Waals surface area contributed by atoms with Crippen LogP contribution in [0.15, 0.2) is 29.3 Å². The number of hydrogen-bond acceptors (Lipinski definition) is 4. The van der Waals surface area contributed by atoms with E-state index >= 15 is 0 Å². The van der Waals surface area contributed by atoms with Crippen molar-refractivity contribution in [1.29, 1.82) is 0 Å². The smallest absolute Gasteiger partial charge is 0.293 e. The van der Waals surface area contributed by atoms with Gasteiger partial charge in [0.05, 0.1) is 5.69 Å². The van der Waals surface area contributed by atoms with E-state index in [9.17, 15) is 18.8 Å². The first-order chi connectivity index (χ1) is 10.1. The predicted octanol–water partition coefficient (Wildman–Crippen LogP) is 1.26. The average Bonchev–Trinajstić information content (AvgIpc) is 3.24. The zero-order valence-electron chi connectivity index (χ0n) is 11.0. The molecule has 2 aliphatic rings. The van der Waals surface area contributed by atoms with E-state index in [1.54, 1.807) is 0 Å². The molecular weight excluding hydrogens is 277 g/mol. The van der Waals surface area contributed by atoms with Crippen LogP contribution in [0, 0.1) is 11.7 Å². The second kappa shape index (κ2) is 5.08. The van der Waals surface area contributed by atoms with Crippen molar-refractivity contribution in [3.05, 3.63) is 30.1 Å². The lowest BCUT2D eigenvalue weighted by atomic mass is 10.1. The molecule has 2 fully saturated rings. The average molecular weight is 289 g/mol. The van der Waals surface area contributed by atoms with Gasteiger partial charge in [0, 0.05) is 12.3 Å². The molecule has 0 spiro atoms. The minimum Gasteiger partial charge on any atom is -0.293 e. The van der Waals surface area contributed by atoms with Crippen molar-refractivity contribution in [2.75, 3.05) is 4.90 Å². The van der Waals surface area contributed by atoms with Crippen molar-refractivity contribution in [2.45, 2.75) is 18.9 Å². The number of para-hydroxylation sites is 1. The van der Waals surface area contributed by atoms with Crippen LogP contribution in [0.4, 0.5) is 14.9 Å². The molecule has 0 bridgehead atoms. The van der Waals surface area contributed by atoms with Crippen molar-refractivity contribution >= 4 is 29.7 Å². The maximum Gasteiger partial charge on any atom is 0.335 e. The van der Waals surface area contributed by atoms with E-state index in [0.29, 0.717) is 4.90 Å². The van der Waals surface area contributed by atoms with Gasteiger partial charge in [0.25, 0.3) is 5.91 Å². The molecule has 1 aromatic rings. The summed E-state index contributed by atoms with van der Waals surface area (Å²) in [5.74, 6) is -3.45. The highest BCUT2D eigenvalue weighted by atomic mass is 19.1. The number of urea groups is 1. The van der Waals surface area contributed by atoms with Gasteiger partial charge in [0.15, 0.2) is 5.92 Å². The molecule has 1 atom stereocenters. The maximum atomic E-state index is 13.8. The molecule has 1 heterocycles. The number of carbonyl (C=O) groups excluding carboxylic acids is 3. The van der Waals surface area contributed by atoms with Crippen LogP contribution < -0.4 is 10.2 Å². The number of nitrogens with one attached hydrogen (secondary N) is 1. The summed E-state index contributed by atoms with van der Waals surface area (Å²) in [5.41, 5.74) is -0.183. The topological polar surface area (TPSA) is 78.8 Å². The Morgan fingerprint density at radius 3 is 2.62 bits per heavy atom. The fraction of sp³-hybridized carbons (Fsp3) is 0.286. The van der Waals surface area contributed by atoms with Crippen molar-refractivity contribution in [3.63, 3.8) is 0 Å². The van der Waals surface area contributed by atoms with Gasteiger partial charge in [-0.05, 0) is 25.0 Å². The molecular formula is C14H12FN3O3. The molecule has 108 valence electrons. The van der Waals surface area contributed by atoms with Crippen LogP contribution in [0.2, 0.25) is 0 Å². The summed E-state index contributed by atoms with van der Waals surface area (Å²) in [6, 6.07) is 4.58. The molecule has 1 saturated carbocycles. The van der Waals surface area contributed by atoms with Crippen LogP contribution in [0.1, 0.15) is 12.8 Å². The van der Waals surface area contributed by atoms with Gasteiger partial charge in [0.1, 0.15) is 5.82 Å². The van der Waals surface area contributed by atoms with Gasteiger partial charge in [-0.3, -0.25) is 19.9 Å². The molecule has 3 rings (SSSR count). The van der Waals surface area contributed by atoms with Crippen LogP contribution in [0.5, 0.6) is 0 Å². The molecule has 0 radical (unpaired) electrons. The number of hydrogen-bond donors (Lipinski definition) is 1. The lowest BCUT2D eigenvalue weighted by Gasteiger charge is -2.28. The number of imide groups is 2. The summed E-state index contributed by atoms with van der Waals surface area (Å²) < 4.78 is 13.8. The van der Waals surface area contributed by atoms with E-state index in [0.717, 1.165) is 18.9 Å². The maximum absolute atomic E-state index is 13.8. The van der Waals surface area contributed by atoms with Crippen LogP contribution in [0.3, 0.4) is 0 Å². The monoisotopic (exact) mass is 289 g/mol. The van der Waals surface area contributed by atoms with Gasteiger partial charge in [-0.1, -0.05) is 12.1 Å². The van der Waals surface area contributed by atoms with Crippen molar-refractivity contribution in [2.24, 2.45) is 10.9 Å². The SMILES string of the molecule is O=C1NC(=O)N(c2ccccc2F)C(=O)[C@@H]1C=NC1CC1. The number of halogens is 1. The van der Waals surface area contributed by atoms with Crippen LogP contribution in [-0.4, -0.2) is 30.1 Å². The molecule has 7 heteroatoms. The Morgan fingerprint density at radius 1 is 1.24 bits per heavy atom. The minimum absolute atomic E-state index is 0.144. The molecule has 4 amide bonds. The molecule has 1 aliphatic heterocycles. The molecule has 1 N–H and O–H groups in total. The highest BCUT2D eigenvalue weighted by Crippen LogP contribution is 2.25. The van der Waals surface area contributed by atoms with Crippen molar-refractivity contribution in [1.82, 2.24) is 5.32 Å². The first-order valence-corrected chi connectivity index (χ1v) is 6.54. The van der Waals surface area contributed by atoms with E-state index in [1.165, 1.54) is 24.4 Å². The lowest BCUT2D eigenvalue weighted by molar-refractivity contribution is -0.131. The summed E-state index contributed by atoms with van der Waals surface area (Å²) in [7, 11) is 0. The molecule has 1 saturated heterocycles. The summed E-state index contributed by atoms with van der Waals surface area (Å²) in [6.07, 6.45) is 3.10. The largest absolute Gasteiger partial charge is 0.335 e. The van der Waals surface area contributed by atoms with E-state index in [-0.39, 0.29) is 11.7 Å². The number of rotatable bonds is 3. The first kappa shape index (κ1) is 13.4. The van der Waals surface area contributed by atoms with E-state index in [1.807, 2.05) is 5.32 Å². The van der Waals surface area contributed by atoms with E-state index < -0.39 is 29.6 Å². The van der Waals surface area contributed by atoms with Gasteiger partial charge in [0.2, 0.25) is 5.91 Å². The van der Waals surface area contributed by atoms with Crippen molar-refractivity contribution in [3.8, 4) is 0 Å². The van der Waals surface area contributed by atoms with Gasteiger partial charge in [-0.15, -0.1) is 0 Å². The number of carbonyl (C=O) groups is 3. The second-order valence-corrected chi connectivity index (χ2v) is 4.93. The third kappa shape index (κ3) is 2.54. The van der Waals surface area contributed by atoms with Crippen LogP contribution >= 0.6 is 0 Å². The molecule has 0 unspecified atom stereocenters. The van der Waals surface area contributed by atoms with Gasteiger partial charge in [-0.2, -0.15) is 0 Å². The van der Waals surface area contributed by atoms with Crippen molar-refractivity contribution < 1.29 is 18.8 Å². The summed E-state index contributed by atoms with van der Waals surface area (Å²) in [6.45, 7) is 0. The van der Waals surface area contributed by atoms with Gasteiger partial charge < -0.3 is 0 Å². The minimum atomic E-state index is -1.21. The number of aliphatic imine (C=N–C) groups is 1. The summed E-state index contributed by atoms with van der Waals surface area (Å²) in [5, 5.41) is 2.05. The molecule has 21 heavy (non-hydrogen) atoms. The fourth-order valence-electron chi connectivity index (χ4n) is 2.01. The van der Waals surface area contributed by atoms with Gasteiger partial charge in [-0.25, -0.2) is 14.1 Å². The molecule has 6 nitrogen and oxygen atoms in total. The van der Waals surface area contributed by atoms with Gasteiger partial charge >= 0.3 is 6.03 Å². The third-order valence-electron chi connectivity index (χ3n) is 3.29. The number of benzene rings is 1. The predicted molar refractivity (Wildman–Crippen MR) is 72.4 cm³/mol. The quantitative estimate of drug-likeness (QED) is 0.672. The highest BCUT2D eigenvalue weighted by Gasteiger charge is 2.41. The Bertz CT molecular complexity index is 655. The standard InChI is InChI=1S/C14H12FN3O3/c15-10-3-1-2-4-11(10)18-13(20)9(7-16-8-5-6-8)12(19)17-14(18)21/h1-4,7-9H,5-6H2,(H,17,19,21)/t9-/m1/s1. The number of anilines is 1. The summed E-state index contributed by atoms with van der Waals surface area (Å²) in [4.78, 5) is 40.6. The normalized spacial score (nSPS) is 22.8. The zero-order chi connectivity index (χ0) is 15.0. The number of amides is 4. The van der Waals surface area contributed by atoms with E-state index in [2.05, 4.69) is 4.99 Å².